The monoisotopic (exact) mass is 642 g/mol. The van der Waals surface area contributed by atoms with Gasteiger partial charge in [-0.25, -0.2) is 9.13 Å². The first kappa shape index (κ1) is 32.0. The lowest BCUT2D eigenvalue weighted by atomic mass is 9.97. The zero-order valence-electron chi connectivity index (χ0n) is 26.8. The molecule has 8 heteroatoms. The summed E-state index contributed by atoms with van der Waals surface area (Å²) >= 11 is 0. The summed E-state index contributed by atoms with van der Waals surface area (Å²) in [6.45, 7) is 8.85. The number of hydrogen-bond donors (Lipinski definition) is 2. The van der Waals surface area contributed by atoms with E-state index in [1.54, 1.807) is 6.20 Å². The fraction of sp³-hybridized carbons (Fsp3) is 0.205. The van der Waals surface area contributed by atoms with Crippen LogP contribution < -0.4 is 27.6 Å². The van der Waals surface area contributed by atoms with Crippen LogP contribution in [0.15, 0.2) is 115 Å². The lowest BCUT2D eigenvalue weighted by Gasteiger charge is -2.18. The first-order valence-corrected chi connectivity index (χ1v) is 16.1. The molecule has 238 valence electrons. The van der Waals surface area contributed by atoms with E-state index < -0.39 is 0 Å². The van der Waals surface area contributed by atoms with Crippen LogP contribution in [-0.2, 0) is 24.4 Å². The van der Waals surface area contributed by atoms with Crippen molar-refractivity contribution in [1.29, 1.82) is 0 Å². The van der Waals surface area contributed by atoms with Crippen molar-refractivity contribution < 1.29 is 21.8 Å². The fourth-order valence-electron chi connectivity index (χ4n) is 6.66. The first-order valence-electron chi connectivity index (χ1n) is 16.1. The van der Waals surface area contributed by atoms with Gasteiger partial charge in [0.15, 0.2) is 6.54 Å². The van der Waals surface area contributed by atoms with Crippen LogP contribution in [0.5, 0.6) is 0 Å². The largest absolute Gasteiger partial charge is 1.00 e. The van der Waals surface area contributed by atoms with Crippen molar-refractivity contribution in [3.63, 3.8) is 0 Å². The van der Waals surface area contributed by atoms with Gasteiger partial charge in [0.25, 0.3) is 5.91 Å². The molecule has 0 bridgehead atoms. The van der Waals surface area contributed by atoms with E-state index in [9.17, 15) is 4.79 Å². The van der Waals surface area contributed by atoms with Gasteiger partial charge in [-0.1, -0.05) is 92.7 Å². The van der Waals surface area contributed by atoms with Crippen LogP contribution in [0.1, 0.15) is 19.4 Å². The number of carbonyl (C=O) groups excluding carboxylic acids is 1. The summed E-state index contributed by atoms with van der Waals surface area (Å²) in [5.74, 6) is 0.810. The van der Waals surface area contributed by atoms with E-state index in [0.29, 0.717) is 12.2 Å². The van der Waals surface area contributed by atoms with E-state index >= 15 is 0 Å². The maximum Gasteiger partial charge on any atom is 0.359 e. The van der Waals surface area contributed by atoms with Crippen LogP contribution in [0.25, 0.3) is 43.5 Å². The number of hydrogen-bond acceptors (Lipinski definition) is 4. The van der Waals surface area contributed by atoms with Crippen molar-refractivity contribution in [3.8, 4) is 0 Å². The quantitative estimate of drug-likeness (QED) is 0.162. The second-order valence-electron chi connectivity index (χ2n) is 11.7. The van der Waals surface area contributed by atoms with Gasteiger partial charge in [-0.05, 0) is 65.0 Å². The van der Waals surface area contributed by atoms with Crippen molar-refractivity contribution in [3.05, 3.63) is 121 Å². The van der Waals surface area contributed by atoms with E-state index in [-0.39, 0.29) is 24.9 Å². The van der Waals surface area contributed by atoms with Crippen molar-refractivity contribution in [2.75, 3.05) is 30.3 Å². The van der Waals surface area contributed by atoms with Gasteiger partial charge < -0.3 is 22.6 Å². The number of fused-ring (bicyclic) bond motifs is 4. The Morgan fingerprint density at radius 2 is 1.47 bits per heavy atom. The fourth-order valence-corrected chi connectivity index (χ4v) is 6.66. The molecule has 1 amide bonds. The number of amides is 1. The molecule has 7 aromatic rings. The second kappa shape index (κ2) is 14.2. The Bertz CT molecular complexity index is 2130. The molecule has 0 saturated heterocycles. The molecule has 7 rings (SSSR count). The van der Waals surface area contributed by atoms with Crippen LogP contribution in [-0.4, -0.2) is 40.0 Å². The topological polar surface area (TPSA) is 66.1 Å². The minimum Gasteiger partial charge on any atom is -1.00 e. The molecule has 2 N–H and O–H groups in total. The Morgan fingerprint density at radius 3 is 2.21 bits per heavy atom. The molecule has 0 aliphatic rings. The number of benzene rings is 5. The predicted molar refractivity (Wildman–Crippen MR) is 189 cm³/mol. The third-order valence-electron chi connectivity index (χ3n) is 9.02. The summed E-state index contributed by atoms with van der Waals surface area (Å²) in [6.07, 6.45) is 1.76. The van der Waals surface area contributed by atoms with Crippen LogP contribution in [0.4, 0.5) is 11.6 Å². The highest BCUT2D eigenvalue weighted by Crippen LogP contribution is 2.30. The van der Waals surface area contributed by atoms with E-state index in [4.69, 9.17) is 0 Å². The average molecular weight is 643 g/mol. The van der Waals surface area contributed by atoms with Gasteiger partial charge in [0.05, 0.1) is 24.3 Å². The van der Waals surface area contributed by atoms with Gasteiger partial charge >= 0.3 is 5.95 Å². The number of aromatic nitrogens is 3. The molecular weight excluding hydrogens is 604 g/mol. The zero-order chi connectivity index (χ0) is 31.5. The minimum absolute atomic E-state index is 0. The molecular formula is C39H39ClN6O. The highest BCUT2D eigenvalue weighted by atomic mass is 35.5. The molecule has 0 spiro atoms. The molecule has 0 radical (unpaired) electrons. The molecule has 7 nitrogen and oxygen atoms in total. The first-order chi connectivity index (χ1) is 22.6. The number of para-hydroxylation sites is 3. The number of halogens is 1. The zero-order valence-corrected chi connectivity index (χ0v) is 27.5. The van der Waals surface area contributed by atoms with Gasteiger partial charge in [-0.15, -0.1) is 0 Å². The molecule has 2 heterocycles. The Hall–Kier alpha value is -4.98. The lowest BCUT2D eigenvalue weighted by Crippen LogP contribution is -3.00. The van der Waals surface area contributed by atoms with Gasteiger partial charge in [0.2, 0.25) is 0 Å². The lowest BCUT2D eigenvalue weighted by molar-refractivity contribution is -0.644. The van der Waals surface area contributed by atoms with Gasteiger partial charge in [-0.3, -0.25) is 15.1 Å². The highest BCUT2D eigenvalue weighted by Gasteiger charge is 2.26. The molecule has 0 saturated carbocycles. The van der Waals surface area contributed by atoms with Crippen molar-refractivity contribution >= 4 is 61.0 Å². The van der Waals surface area contributed by atoms with Crippen molar-refractivity contribution in [2.45, 2.75) is 33.5 Å². The standard InChI is InChI=1S/C39H38N6O.ClH/c1-3-43(4-2)23-24-44-35-20-9-10-21-36(35)45(27-37(46)42-34-19-11-15-28-16-12-22-40-38(28)34)39(44)41-26-33-31-17-7-5-13-29(31)25-30-14-6-8-18-32(30)33;/h5-22,25H,3-4,23-24,26-27H2,1-2H3,(H,42,46);1H. The molecule has 0 unspecified atom stereocenters. The minimum atomic E-state index is -0.103. The summed E-state index contributed by atoms with van der Waals surface area (Å²) in [4.78, 5) is 20.8. The normalized spacial score (nSPS) is 11.4. The number of imidazole rings is 1. The average Bonchev–Trinajstić information content (AvgIpc) is 3.38. The molecule has 2 aromatic heterocycles. The Morgan fingerprint density at radius 1 is 0.809 bits per heavy atom. The summed E-state index contributed by atoms with van der Waals surface area (Å²) in [7, 11) is 0. The van der Waals surface area contributed by atoms with E-state index in [0.717, 1.165) is 54.1 Å². The third-order valence-corrected chi connectivity index (χ3v) is 9.02. The Balaban J connectivity index is 0.00000386. The number of anilines is 2. The number of likely N-dealkylation sites (N-methyl/N-ethyl adjacent to an activating group) is 1. The number of carbonyl (C=O) groups is 1. The maximum atomic E-state index is 13.8. The second-order valence-corrected chi connectivity index (χ2v) is 11.7. The summed E-state index contributed by atoms with van der Waals surface area (Å²) in [5.41, 5.74) is 4.85. The van der Waals surface area contributed by atoms with E-state index in [1.807, 2.05) is 36.4 Å². The van der Waals surface area contributed by atoms with E-state index in [1.165, 1.54) is 27.1 Å². The predicted octanol–water partition coefficient (Wildman–Crippen LogP) is 4.38. The molecule has 0 atom stereocenters. The smallest absolute Gasteiger partial charge is 0.359 e. The van der Waals surface area contributed by atoms with Crippen LogP contribution in [0, 0.1) is 0 Å². The van der Waals surface area contributed by atoms with Crippen LogP contribution in [0.3, 0.4) is 0 Å². The van der Waals surface area contributed by atoms with Gasteiger partial charge in [0, 0.05) is 23.7 Å². The number of pyridine rings is 1. The van der Waals surface area contributed by atoms with E-state index in [2.05, 4.69) is 116 Å². The summed E-state index contributed by atoms with van der Waals surface area (Å²) in [6, 6.07) is 37.6. The Kier molecular flexibility index (Phi) is 9.66. The van der Waals surface area contributed by atoms with Gasteiger partial charge in [-0.2, -0.15) is 0 Å². The number of rotatable bonds is 11. The SMILES string of the molecule is CCN(CC)CCn1c(NCc2c3ccccc3cc3ccccc23)[n+](CC(=O)Nc2cccc3cccnc23)c2ccccc21.[Cl-]. The number of nitrogens with one attached hydrogen (secondary N) is 2. The van der Waals surface area contributed by atoms with Crippen molar-refractivity contribution in [1.82, 2.24) is 14.5 Å². The summed E-state index contributed by atoms with van der Waals surface area (Å²) in [5, 5.41) is 12.9. The Labute approximate surface area is 281 Å². The van der Waals surface area contributed by atoms with Crippen LogP contribution in [0.2, 0.25) is 0 Å². The molecule has 0 aliphatic heterocycles. The number of nitrogens with zero attached hydrogens (tertiary/aromatic N) is 4. The highest BCUT2D eigenvalue weighted by molar-refractivity contribution is 6.02. The molecule has 0 aliphatic carbocycles. The molecule has 0 fully saturated rings. The third kappa shape index (κ3) is 6.37. The summed E-state index contributed by atoms with van der Waals surface area (Å²) < 4.78 is 4.46. The molecule has 47 heavy (non-hydrogen) atoms. The maximum absolute atomic E-state index is 13.8. The molecule has 5 aromatic carbocycles. The van der Waals surface area contributed by atoms with Crippen molar-refractivity contribution in [2.24, 2.45) is 0 Å². The van der Waals surface area contributed by atoms with Crippen LogP contribution >= 0.6 is 0 Å². The van der Waals surface area contributed by atoms with Gasteiger partial charge in [0.1, 0.15) is 11.0 Å².